The fraction of sp³-hybridized carbons (Fsp3) is 0.0588. The molecule has 8 aromatic rings. The molecule has 1 nitrogen and oxygen atoms in total. The van der Waals surface area contributed by atoms with Gasteiger partial charge in [-0.3, -0.25) is 0 Å². The Kier molecular flexibility index (Phi) is 5.48. The molecule has 1 heterocycles. The fourth-order valence-corrected chi connectivity index (χ4v) is 10.9. The van der Waals surface area contributed by atoms with Crippen LogP contribution in [0.5, 0.6) is 0 Å². The molecule has 242 valence electrons. The summed E-state index contributed by atoms with van der Waals surface area (Å²) in [5, 5.41) is 0. The molecule has 1 aliphatic heterocycles. The molecule has 0 saturated carbocycles. The molecule has 4 aliphatic rings. The van der Waals surface area contributed by atoms with Crippen molar-refractivity contribution in [2.24, 2.45) is 0 Å². The van der Waals surface area contributed by atoms with Crippen molar-refractivity contribution in [1.82, 2.24) is 0 Å². The first-order valence-electron chi connectivity index (χ1n) is 18.4. The summed E-state index contributed by atoms with van der Waals surface area (Å²) in [5.74, 6) is 0.258. The third-order valence-electron chi connectivity index (χ3n) is 12.7. The summed E-state index contributed by atoms with van der Waals surface area (Å²) >= 11 is 0. The zero-order chi connectivity index (χ0) is 34.0. The van der Waals surface area contributed by atoms with Gasteiger partial charge in [-0.2, -0.15) is 0 Å². The van der Waals surface area contributed by atoms with Gasteiger partial charge in [0.15, 0.2) is 0 Å². The molecular weight excluding hydrogens is 627 g/mol. The summed E-state index contributed by atoms with van der Waals surface area (Å²) in [5.41, 5.74) is 21.0. The first-order valence-corrected chi connectivity index (χ1v) is 18.4. The van der Waals surface area contributed by atoms with Crippen molar-refractivity contribution < 1.29 is 0 Å². The van der Waals surface area contributed by atoms with E-state index in [4.69, 9.17) is 0 Å². The quantitative estimate of drug-likeness (QED) is 0.182. The lowest BCUT2D eigenvalue weighted by atomic mass is 9.34. The van der Waals surface area contributed by atoms with Crippen LogP contribution in [0.25, 0.3) is 33.4 Å². The SMILES string of the molecule is c1ccc(-c2ccc3c(c2)C2c4cccc5c4C4(c6ccccc6N5c5ccccc5-c5ccccc5)c5cc(-c6ccccc6)ccc5C324)cc1. The van der Waals surface area contributed by atoms with Gasteiger partial charge in [0.2, 0.25) is 0 Å². The highest BCUT2D eigenvalue weighted by molar-refractivity contribution is 6.00. The maximum atomic E-state index is 2.57. The second-order valence-corrected chi connectivity index (χ2v) is 14.8. The number of anilines is 3. The molecule has 0 radical (unpaired) electrons. The summed E-state index contributed by atoms with van der Waals surface area (Å²) < 4.78 is 0. The number of nitrogens with zero attached hydrogens (tertiary/aromatic N) is 1. The lowest BCUT2D eigenvalue weighted by molar-refractivity contribution is 0.257. The molecule has 0 amide bonds. The Hall–Kier alpha value is -6.44. The summed E-state index contributed by atoms with van der Waals surface area (Å²) in [6, 6.07) is 72.7. The highest BCUT2D eigenvalue weighted by Crippen LogP contribution is 2.84. The van der Waals surface area contributed by atoms with Gasteiger partial charge in [0, 0.05) is 16.9 Å². The van der Waals surface area contributed by atoms with Gasteiger partial charge in [0.25, 0.3) is 0 Å². The minimum atomic E-state index is -0.320. The van der Waals surface area contributed by atoms with Crippen LogP contribution in [-0.4, -0.2) is 0 Å². The van der Waals surface area contributed by atoms with E-state index >= 15 is 0 Å². The molecule has 3 atom stereocenters. The van der Waals surface area contributed by atoms with Crippen molar-refractivity contribution in [3.8, 4) is 33.4 Å². The maximum Gasteiger partial charge on any atom is 0.0645 e. The first-order chi connectivity index (χ1) is 25.8. The van der Waals surface area contributed by atoms with Crippen molar-refractivity contribution in [1.29, 1.82) is 0 Å². The standard InChI is InChI=1S/C51H33N/c1-4-15-33(16-5-1)36-27-29-41-40(31-36)48-39-22-14-26-47-49(39)51(44-32-37(34-17-6-2-7-18-34)28-30-42(44)50(41,48)51)43-23-11-13-25-46(43)52(47)45-24-12-10-21-38(45)35-19-8-3-9-20-35/h1-32,48H. The average Bonchev–Trinajstić information content (AvgIpc) is 3.41. The van der Waals surface area contributed by atoms with E-state index in [0.717, 1.165) is 0 Å². The number of fused-ring (bicyclic) bond motifs is 5. The zero-order valence-electron chi connectivity index (χ0n) is 28.5. The van der Waals surface area contributed by atoms with Crippen LogP contribution in [0.15, 0.2) is 194 Å². The highest BCUT2D eigenvalue weighted by Gasteiger charge is 2.79. The Bertz CT molecular complexity index is 2750. The van der Waals surface area contributed by atoms with Crippen LogP contribution >= 0.6 is 0 Å². The monoisotopic (exact) mass is 659 g/mol. The molecule has 52 heavy (non-hydrogen) atoms. The topological polar surface area (TPSA) is 3.24 Å². The Morgan fingerprint density at radius 2 is 0.923 bits per heavy atom. The summed E-state index contributed by atoms with van der Waals surface area (Å²) in [4.78, 5) is 2.57. The molecule has 0 bridgehead atoms. The van der Waals surface area contributed by atoms with Crippen molar-refractivity contribution in [3.05, 3.63) is 233 Å². The van der Waals surface area contributed by atoms with Crippen molar-refractivity contribution in [3.63, 3.8) is 0 Å². The molecule has 0 fully saturated rings. The maximum absolute atomic E-state index is 2.57. The number of hydrogen-bond acceptors (Lipinski definition) is 1. The van der Waals surface area contributed by atoms with Crippen molar-refractivity contribution in [2.45, 2.75) is 16.7 Å². The largest absolute Gasteiger partial charge is 0.309 e. The van der Waals surface area contributed by atoms with Gasteiger partial charge in [-0.15, -0.1) is 0 Å². The Labute approximate surface area is 304 Å². The van der Waals surface area contributed by atoms with E-state index in [0.29, 0.717) is 0 Å². The molecule has 0 saturated heterocycles. The summed E-state index contributed by atoms with van der Waals surface area (Å²) in [6.45, 7) is 0. The van der Waals surface area contributed by atoms with Crippen LogP contribution in [0.4, 0.5) is 17.1 Å². The van der Waals surface area contributed by atoms with Gasteiger partial charge in [-0.25, -0.2) is 0 Å². The van der Waals surface area contributed by atoms with Gasteiger partial charge in [-0.1, -0.05) is 170 Å². The van der Waals surface area contributed by atoms with Crippen LogP contribution < -0.4 is 4.90 Å². The fourth-order valence-electron chi connectivity index (χ4n) is 10.9. The minimum absolute atomic E-state index is 0.179. The minimum Gasteiger partial charge on any atom is -0.309 e. The van der Waals surface area contributed by atoms with E-state index < -0.39 is 0 Å². The van der Waals surface area contributed by atoms with E-state index in [1.165, 1.54) is 89.4 Å². The number of hydrogen-bond donors (Lipinski definition) is 0. The lowest BCUT2D eigenvalue weighted by Crippen LogP contribution is -2.64. The lowest BCUT2D eigenvalue weighted by Gasteiger charge is -2.67. The normalized spacial score (nSPS) is 20.6. The van der Waals surface area contributed by atoms with Gasteiger partial charge in [0.1, 0.15) is 0 Å². The predicted molar refractivity (Wildman–Crippen MR) is 213 cm³/mol. The zero-order valence-corrected chi connectivity index (χ0v) is 28.5. The smallest absolute Gasteiger partial charge is 0.0645 e. The molecule has 12 rings (SSSR count). The Balaban J connectivity index is 1.18. The summed E-state index contributed by atoms with van der Waals surface area (Å²) in [6.07, 6.45) is 0. The molecule has 2 spiro atoms. The third kappa shape index (κ3) is 3.22. The highest BCUT2D eigenvalue weighted by atomic mass is 15.2. The van der Waals surface area contributed by atoms with Crippen molar-refractivity contribution in [2.75, 3.05) is 4.90 Å². The van der Waals surface area contributed by atoms with Crippen LogP contribution in [0, 0.1) is 0 Å². The predicted octanol–water partition coefficient (Wildman–Crippen LogP) is 12.6. The molecule has 3 aliphatic carbocycles. The number of rotatable bonds is 4. The molecule has 0 N–H and O–H groups in total. The number of para-hydroxylation sites is 2. The molecule has 1 heteroatoms. The van der Waals surface area contributed by atoms with E-state index in [1.807, 2.05) is 0 Å². The van der Waals surface area contributed by atoms with E-state index in [-0.39, 0.29) is 16.7 Å². The van der Waals surface area contributed by atoms with Gasteiger partial charge >= 0.3 is 0 Å². The van der Waals surface area contributed by atoms with E-state index in [9.17, 15) is 0 Å². The van der Waals surface area contributed by atoms with Gasteiger partial charge in [0.05, 0.1) is 22.5 Å². The Morgan fingerprint density at radius 1 is 0.346 bits per heavy atom. The van der Waals surface area contributed by atoms with Crippen LogP contribution in [0.3, 0.4) is 0 Å². The average molecular weight is 660 g/mol. The second kappa shape index (κ2) is 10.1. The van der Waals surface area contributed by atoms with Crippen LogP contribution in [-0.2, 0) is 10.8 Å². The van der Waals surface area contributed by atoms with Crippen LogP contribution in [0.1, 0.15) is 44.9 Å². The Morgan fingerprint density at radius 3 is 1.65 bits per heavy atom. The van der Waals surface area contributed by atoms with Crippen molar-refractivity contribution >= 4 is 17.1 Å². The third-order valence-corrected chi connectivity index (χ3v) is 12.7. The van der Waals surface area contributed by atoms with Gasteiger partial charge in [-0.05, 0) is 91.0 Å². The van der Waals surface area contributed by atoms with E-state index in [2.05, 4.69) is 199 Å². The molecular formula is C51H33N. The molecule has 8 aromatic carbocycles. The van der Waals surface area contributed by atoms with Gasteiger partial charge < -0.3 is 4.90 Å². The molecule has 0 aromatic heterocycles. The second-order valence-electron chi connectivity index (χ2n) is 14.8. The number of benzene rings is 8. The van der Waals surface area contributed by atoms with E-state index in [1.54, 1.807) is 0 Å². The van der Waals surface area contributed by atoms with Crippen LogP contribution in [0.2, 0.25) is 0 Å². The first kappa shape index (κ1) is 28.3. The molecule has 3 unspecified atom stereocenters. The summed E-state index contributed by atoms with van der Waals surface area (Å²) in [7, 11) is 0.